The zero-order chi connectivity index (χ0) is 26.4. The third kappa shape index (κ3) is 6.04. The number of aromatic nitrogens is 4. The maximum Gasteiger partial charge on any atom is 0.255 e. The van der Waals surface area contributed by atoms with Crippen molar-refractivity contribution in [1.29, 1.82) is 0 Å². The molecule has 0 radical (unpaired) electrons. The van der Waals surface area contributed by atoms with Crippen LogP contribution in [0, 0.1) is 0 Å². The van der Waals surface area contributed by atoms with Crippen LogP contribution in [0.2, 0.25) is 0 Å². The van der Waals surface area contributed by atoms with E-state index in [1.807, 2.05) is 47.0 Å². The third-order valence-corrected chi connectivity index (χ3v) is 7.31. The highest BCUT2D eigenvalue weighted by Gasteiger charge is 2.12. The molecule has 1 N–H and O–H groups in total. The standard InChI is InChI=1S/C32H32N6O/c39-32(27-16-18-33-19-17-27)34-28-14-12-26(13-15-28)29-6-3-7-31-35-30(36-38(29)31)23-25-10-8-24(9-11-25)5-4-22-37-20-1-2-21-37/h3,6-19H,1-2,4-5,20-23H2,(H,34,39). The summed E-state index contributed by atoms with van der Waals surface area (Å²) in [7, 11) is 0. The lowest BCUT2D eigenvalue weighted by atomic mass is 10.1. The molecule has 5 aromatic rings. The molecule has 0 bridgehead atoms. The Labute approximate surface area is 228 Å². The lowest BCUT2D eigenvalue weighted by Crippen LogP contribution is -2.20. The fourth-order valence-electron chi connectivity index (χ4n) is 5.19. The van der Waals surface area contributed by atoms with E-state index >= 15 is 0 Å². The van der Waals surface area contributed by atoms with E-state index < -0.39 is 0 Å². The van der Waals surface area contributed by atoms with Crippen molar-refractivity contribution >= 4 is 17.2 Å². The van der Waals surface area contributed by atoms with Crippen LogP contribution in [-0.2, 0) is 12.8 Å². The van der Waals surface area contributed by atoms with Gasteiger partial charge in [0.05, 0.1) is 5.69 Å². The van der Waals surface area contributed by atoms with Crippen molar-refractivity contribution in [1.82, 2.24) is 24.5 Å². The number of carbonyl (C=O) groups excluding carboxylic acids is 1. The minimum absolute atomic E-state index is 0.164. The highest BCUT2D eigenvalue weighted by atomic mass is 16.1. The van der Waals surface area contributed by atoms with E-state index in [1.165, 1.54) is 50.0 Å². The number of pyridine rings is 2. The SMILES string of the molecule is O=C(Nc1ccc(-c2cccc3nc(Cc4ccc(CCCN5CCCC5)cc4)nn23)cc1)c1ccncc1. The number of nitrogens with one attached hydrogen (secondary N) is 1. The van der Waals surface area contributed by atoms with Crippen LogP contribution >= 0.6 is 0 Å². The fraction of sp³-hybridized carbons (Fsp3) is 0.250. The highest BCUT2D eigenvalue weighted by Crippen LogP contribution is 2.23. The molecule has 39 heavy (non-hydrogen) atoms. The van der Waals surface area contributed by atoms with Gasteiger partial charge in [-0.25, -0.2) is 9.50 Å². The van der Waals surface area contributed by atoms with Crippen molar-refractivity contribution < 1.29 is 4.79 Å². The predicted molar refractivity (Wildman–Crippen MR) is 154 cm³/mol. The first-order valence-corrected chi connectivity index (χ1v) is 13.7. The summed E-state index contributed by atoms with van der Waals surface area (Å²) in [6, 6.07) is 26.1. The smallest absolute Gasteiger partial charge is 0.255 e. The number of rotatable bonds is 9. The molecule has 196 valence electrons. The molecule has 1 aliphatic heterocycles. The molecule has 2 aromatic carbocycles. The van der Waals surface area contributed by atoms with Crippen molar-refractivity contribution in [2.24, 2.45) is 0 Å². The van der Waals surface area contributed by atoms with Crippen molar-refractivity contribution in [2.75, 3.05) is 25.0 Å². The predicted octanol–water partition coefficient (Wildman–Crippen LogP) is 5.66. The maximum atomic E-state index is 12.4. The summed E-state index contributed by atoms with van der Waals surface area (Å²) in [6.45, 7) is 3.74. The van der Waals surface area contributed by atoms with Crippen molar-refractivity contribution in [2.45, 2.75) is 32.1 Å². The average molecular weight is 517 g/mol. The number of hydrogen-bond donors (Lipinski definition) is 1. The molecule has 4 heterocycles. The van der Waals surface area contributed by atoms with Crippen LogP contribution in [0.4, 0.5) is 5.69 Å². The van der Waals surface area contributed by atoms with E-state index in [9.17, 15) is 4.79 Å². The molecule has 0 aliphatic carbocycles. The summed E-state index contributed by atoms with van der Waals surface area (Å²) in [4.78, 5) is 23.8. The Bertz CT molecular complexity index is 1540. The molecule has 1 aliphatic rings. The number of fused-ring (bicyclic) bond motifs is 1. The molecule has 1 amide bonds. The number of nitrogens with zero attached hydrogens (tertiary/aromatic N) is 5. The zero-order valence-corrected chi connectivity index (χ0v) is 22.0. The number of benzene rings is 2. The van der Waals surface area contributed by atoms with Gasteiger partial charge in [0, 0.05) is 35.6 Å². The van der Waals surface area contributed by atoms with Gasteiger partial charge in [0.25, 0.3) is 5.91 Å². The molecule has 6 rings (SSSR count). The summed E-state index contributed by atoms with van der Waals surface area (Å²) in [5, 5.41) is 7.76. The van der Waals surface area contributed by atoms with Gasteiger partial charge in [-0.3, -0.25) is 9.78 Å². The second-order valence-electron chi connectivity index (χ2n) is 10.1. The van der Waals surface area contributed by atoms with E-state index in [-0.39, 0.29) is 5.91 Å². The number of aryl methyl sites for hydroxylation is 1. The maximum absolute atomic E-state index is 12.4. The van der Waals surface area contributed by atoms with Gasteiger partial charge in [0.15, 0.2) is 11.5 Å². The molecule has 0 atom stereocenters. The summed E-state index contributed by atoms with van der Waals surface area (Å²) in [5.74, 6) is 0.633. The Morgan fingerprint density at radius 2 is 1.59 bits per heavy atom. The number of anilines is 1. The van der Waals surface area contributed by atoms with E-state index in [0.29, 0.717) is 12.0 Å². The van der Waals surface area contributed by atoms with E-state index in [0.717, 1.165) is 34.8 Å². The summed E-state index contributed by atoms with van der Waals surface area (Å²) >= 11 is 0. The zero-order valence-electron chi connectivity index (χ0n) is 22.0. The van der Waals surface area contributed by atoms with Gasteiger partial charge in [-0.2, -0.15) is 5.10 Å². The molecule has 1 saturated heterocycles. The molecule has 3 aromatic heterocycles. The van der Waals surface area contributed by atoms with Crippen molar-refractivity contribution in [3.8, 4) is 11.3 Å². The summed E-state index contributed by atoms with van der Waals surface area (Å²) in [5.41, 5.74) is 6.67. The van der Waals surface area contributed by atoms with Crippen molar-refractivity contribution in [3.63, 3.8) is 0 Å². The average Bonchev–Trinajstić information content (AvgIpc) is 3.64. The van der Waals surface area contributed by atoms with Gasteiger partial charge in [0.2, 0.25) is 0 Å². The van der Waals surface area contributed by atoms with Gasteiger partial charge in [-0.1, -0.05) is 42.5 Å². The largest absolute Gasteiger partial charge is 0.322 e. The Morgan fingerprint density at radius 1 is 0.846 bits per heavy atom. The first kappa shape index (κ1) is 24.9. The van der Waals surface area contributed by atoms with Crippen LogP contribution in [0.1, 0.15) is 46.6 Å². The third-order valence-electron chi connectivity index (χ3n) is 7.31. The number of carbonyl (C=O) groups is 1. The lowest BCUT2D eigenvalue weighted by Gasteiger charge is -2.13. The lowest BCUT2D eigenvalue weighted by molar-refractivity contribution is 0.102. The summed E-state index contributed by atoms with van der Waals surface area (Å²) < 4.78 is 1.90. The van der Waals surface area contributed by atoms with Gasteiger partial charge >= 0.3 is 0 Å². The van der Waals surface area contributed by atoms with Crippen LogP contribution < -0.4 is 5.32 Å². The Hall–Kier alpha value is -4.36. The Balaban J connectivity index is 1.11. The number of likely N-dealkylation sites (tertiary alicyclic amines) is 1. The molecule has 7 heteroatoms. The molecular weight excluding hydrogens is 484 g/mol. The quantitative estimate of drug-likeness (QED) is 0.274. The monoisotopic (exact) mass is 516 g/mol. The topological polar surface area (TPSA) is 75.4 Å². The molecule has 0 unspecified atom stereocenters. The highest BCUT2D eigenvalue weighted by molar-refractivity contribution is 6.04. The normalized spacial score (nSPS) is 13.6. The van der Waals surface area contributed by atoms with Gasteiger partial charge in [0.1, 0.15) is 0 Å². The Morgan fingerprint density at radius 3 is 2.36 bits per heavy atom. The number of hydrogen-bond acceptors (Lipinski definition) is 5. The van der Waals surface area contributed by atoms with Crippen LogP contribution in [0.15, 0.2) is 91.3 Å². The Kier molecular flexibility index (Phi) is 7.41. The second-order valence-corrected chi connectivity index (χ2v) is 10.1. The molecule has 1 fully saturated rings. The first-order valence-electron chi connectivity index (χ1n) is 13.7. The molecule has 0 saturated carbocycles. The number of amides is 1. The van der Waals surface area contributed by atoms with E-state index in [2.05, 4.69) is 39.5 Å². The van der Waals surface area contributed by atoms with Gasteiger partial charge in [-0.05, 0) is 92.8 Å². The van der Waals surface area contributed by atoms with Crippen molar-refractivity contribution in [3.05, 3.63) is 114 Å². The summed E-state index contributed by atoms with van der Waals surface area (Å²) in [6.07, 6.45) is 8.95. The molecular formula is C32H32N6O. The minimum Gasteiger partial charge on any atom is -0.322 e. The van der Waals surface area contributed by atoms with Crippen LogP contribution in [0.5, 0.6) is 0 Å². The minimum atomic E-state index is -0.164. The van der Waals surface area contributed by atoms with Crippen LogP contribution in [0.25, 0.3) is 16.9 Å². The van der Waals surface area contributed by atoms with Gasteiger partial charge < -0.3 is 10.2 Å². The van der Waals surface area contributed by atoms with Gasteiger partial charge in [-0.15, -0.1) is 0 Å². The first-order chi connectivity index (χ1) is 19.2. The fourth-order valence-corrected chi connectivity index (χ4v) is 5.19. The molecule has 7 nitrogen and oxygen atoms in total. The van der Waals surface area contributed by atoms with Crippen LogP contribution in [0.3, 0.4) is 0 Å². The van der Waals surface area contributed by atoms with E-state index in [4.69, 9.17) is 10.1 Å². The second kappa shape index (κ2) is 11.6. The molecule has 0 spiro atoms. The van der Waals surface area contributed by atoms with Crippen LogP contribution in [-0.4, -0.2) is 50.0 Å². The van der Waals surface area contributed by atoms with E-state index in [1.54, 1.807) is 24.5 Å².